The van der Waals surface area contributed by atoms with Gasteiger partial charge in [-0.3, -0.25) is 0 Å². The summed E-state index contributed by atoms with van der Waals surface area (Å²) in [5.74, 6) is 0. The predicted molar refractivity (Wildman–Crippen MR) is 77.8 cm³/mol. The van der Waals surface area contributed by atoms with Gasteiger partial charge in [-0.15, -0.1) is 0 Å². The normalized spacial score (nSPS) is 10.4. The SMILES string of the molecule is C=O.CCc1cc2ccccc2c(S(=O)(=O)[O-])c1CC.[Na+]. The van der Waals surface area contributed by atoms with Gasteiger partial charge < -0.3 is 9.35 Å². The van der Waals surface area contributed by atoms with Crippen molar-refractivity contribution in [1.29, 1.82) is 0 Å². The molecule has 2 aromatic rings. The van der Waals surface area contributed by atoms with Crippen molar-refractivity contribution in [3.05, 3.63) is 41.5 Å². The van der Waals surface area contributed by atoms with E-state index in [4.69, 9.17) is 4.79 Å². The zero-order chi connectivity index (χ0) is 15.3. The molecule has 0 fully saturated rings. The van der Waals surface area contributed by atoms with Gasteiger partial charge in [-0.25, -0.2) is 8.42 Å². The van der Waals surface area contributed by atoms with Gasteiger partial charge in [0.2, 0.25) is 0 Å². The first kappa shape index (κ1) is 20.3. The maximum Gasteiger partial charge on any atom is 1.00 e. The fraction of sp³-hybridized carbons (Fsp3) is 0.267. The fourth-order valence-electron chi connectivity index (χ4n) is 2.40. The van der Waals surface area contributed by atoms with Crippen molar-refractivity contribution in [3.8, 4) is 0 Å². The molecule has 0 aliphatic carbocycles. The van der Waals surface area contributed by atoms with Crippen LogP contribution in [0.2, 0.25) is 0 Å². The Balaban J connectivity index is 0.00000128. The molecule has 0 heterocycles. The molecule has 0 aliphatic rings. The summed E-state index contributed by atoms with van der Waals surface area (Å²) >= 11 is 0. The Morgan fingerprint density at radius 1 is 1.10 bits per heavy atom. The van der Waals surface area contributed by atoms with Gasteiger partial charge in [-0.1, -0.05) is 44.2 Å². The predicted octanol–water partition coefficient (Wildman–Crippen LogP) is -0.312. The van der Waals surface area contributed by atoms with Gasteiger partial charge in [-0.2, -0.15) is 0 Å². The smallest absolute Gasteiger partial charge is 0.744 e. The fourth-order valence-corrected chi connectivity index (χ4v) is 3.43. The number of benzene rings is 2. The van der Waals surface area contributed by atoms with Crippen molar-refractivity contribution in [2.24, 2.45) is 0 Å². The van der Waals surface area contributed by atoms with E-state index in [1.165, 1.54) is 0 Å². The molecular weight excluding hydrogens is 299 g/mol. The standard InChI is InChI=1S/C14H16O3S.CH2O.Na/c1-3-10-9-11-7-5-6-8-13(11)14(12(10)4-2)18(15,16)17;1-2;/h5-9H,3-4H2,1-2H3,(H,15,16,17);1H2;/q;;+1/p-1. The number of aryl methyl sites for hydroxylation is 1. The second-order valence-electron chi connectivity index (χ2n) is 4.23. The van der Waals surface area contributed by atoms with Crippen LogP contribution in [0.5, 0.6) is 0 Å². The molecule has 0 bridgehead atoms. The minimum absolute atomic E-state index is 0. The molecule has 6 heteroatoms. The number of fused-ring (bicyclic) bond motifs is 1. The van der Waals surface area contributed by atoms with Crippen molar-refractivity contribution in [2.45, 2.75) is 31.6 Å². The second-order valence-corrected chi connectivity index (χ2v) is 5.54. The Morgan fingerprint density at radius 3 is 2.14 bits per heavy atom. The maximum absolute atomic E-state index is 11.5. The van der Waals surface area contributed by atoms with E-state index in [1.54, 1.807) is 12.1 Å². The molecule has 4 nitrogen and oxygen atoms in total. The number of hydrogen-bond donors (Lipinski definition) is 0. The third kappa shape index (κ3) is 4.37. The van der Waals surface area contributed by atoms with Crippen LogP contribution >= 0.6 is 0 Å². The number of rotatable bonds is 3. The Labute approximate surface area is 147 Å². The number of carbonyl (C=O) groups excluding carboxylic acids is 1. The third-order valence-corrected chi connectivity index (χ3v) is 4.15. The first-order valence-corrected chi connectivity index (χ1v) is 7.68. The van der Waals surface area contributed by atoms with E-state index in [2.05, 4.69) is 0 Å². The Morgan fingerprint density at radius 2 is 1.67 bits per heavy atom. The Kier molecular flexibility index (Phi) is 8.36. The molecule has 108 valence electrons. The average Bonchev–Trinajstić information content (AvgIpc) is 2.46. The van der Waals surface area contributed by atoms with E-state index in [0.29, 0.717) is 17.4 Å². The summed E-state index contributed by atoms with van der Waals surface area (Å²) in [6, 6.07) is 9.10. The van der Waals surface area contributed by atoms with Gasteiger partial charge in [0.25, 0.3) is 0 Å². The monoisotopic (exact) mass is 316 g/mol. The molecule has 0 unspecified atom stereocenters. The molecule has 0 saturated heterocycles. The molecule has 2 aromatic carbocycles. The molecule has 0 aromatic heterocycles. The van der Waals surface area contributed by atoms with Gasteiger partial charge in [0.1, 0.15) is 16.9 Å². The van der Waals surface area contributed by atoms with Crippen LogP contribution in [0.15, 0.2) is 35.2 Å². The van der Waals surface area contributed by atoms with E-state index in [9.17, 15) is 13.0 Å². The van der Waals surface area contributed by atoms with Gasteiger partial charge in [-0.05, 0) is 34.7 Å². The summed E-state index contributed by atoms with van der Waals surface area (Å²) in [6.07, 6.45) is 1.27. The van der Waals surface area contributed by atoms with E-state index in [0.717, 1.165) is 17.4 Å². The van der Waals surface area contributed by atoms with Crippen molar-refractivity contribution in [3.63, 3.8) is 0 Å². The first-order chi connectivity index (χ1) is 9.49. The topological polar surface area (TPSA) is 74.3 Å². The second kappa shape index (κ2) is 8.66. The first-order valence-electron chi connectivity index (χ1n) is 6.27. The summed E-state index contributed by atoms with van der Waals surface area (Å²) in [7, 11) is -4.45. The largest absolute Gasteiger partial charge is 1.00 e. The summed E-state index contributed by atoms with van der Waals surface area (Å²) < 4.78 is 34.6. The summed E-state index contributed by atoms with van der Waals surface area (Å²) in [6.45, 7) is 5.84. The van der Waals surface area contributed by atoms with Crippen LogP contribution in [0.1, 0.15) is 25.0 Å². The Hall–Kier alpha value is -0.720. The van der Waals surface area contributed by atoms with Gasteiger partial charge >= 0.3 is 29.6 Å². The zero-order valence-corrected chi connectivity index (χ0v) is 15.4. The van der Waals surface area contributed by atoms with Crippen LogP contribution in [0.4, 0.5) is 0 Å². The molecule has 0 saturated carbocycles. The van der Waals surface area contributed by atoms with E-state index in [-0.39, 0.29) is 34.5 Å². The van der Waals surface area contributed by atoms with Gasteiger partial charge in [0, 0.05) is 0 Å². The summed E-state index contributed by atoms with van der Waals surface area (Å²) in [5.41, 5.74) is 1.59. The molecule has 0 aliphatic heterocycles. The van der Waals surface area contributed by atoms with E-state index in [1.807, 2.05) is 38.8 Å². The summed E-state index contributed by atoms with van der Waals surface area (Å²) in [5, 5.41) is 1.34. The molecule has 0 spiro atoms. The van der Waals surface area contributed by atoms with Crippen LogP contribution < -0.4 is 29.6 Å². The van der Waals surface area contributed by atoms with Crippen LogP contribution in [-0.4, -0.2) is 19.8 Å². The molecule has 0 N–H and O–H groups in total. The molecular formula is C15H17NaO4S. The van der Waals surface area contributed by atoms with E-state index >= 15 is 0 Å². The van der Waals surface area contributed by atoms with Crippen molar-refractivity contribution < 1.29 is 47.3 Å². The Bertz CT molecular complexity index is 711. The summed E-state index contributed by atoms with van der Waals surface area (Å²) in [4.78, 5) is 7.96. The van der Waals surface area contributed by atoms with Crippen LogP contribution in [0.3, 0.4) is 0 Å². The van der Waals surface area contributed by atoms with Crippen molar-refractivity contribution >= 4 is 27.7 Å². The number of carbonyl (C=O) groups is 1. The van der Waals surface area contributed by atoms with Crippen molar-refractivity contribution in [2.75, 3.05) is 0 Å². The van der Waals surface area contributed by atoms with Crippen molar-refractivity contribution in [1.82, 2.24) is 0 Å². The van der Waals surface area contributed by atoms with Crippen LogP contribution in [-0.2, 0) is 27.8 Å². The van der Waals surface area contributed by atoms with Gasteiger partial charge in [0.15, 0.2) is 0 Å². The van der Waals surface area contributed by atoms with Gasteiger partial charge in [0.05, 0.1) is 4.90 Å². The molecule has 2 rings (SSSR count). The average molecular weight is 316 g/mol. The van der Waals surface area contributed by atoms with E-state index < -0.39 is 10.1 Å². The zero-order valence-electron chi connectivity index (χ0n) is 12.5. The maximum atomic E-state index is 11.5. The molecule has 21 heavy (non-hydrogen) atoms. The number of hydrogen-bond acceptors (Lipinski definition) is 4. The molecule has 0 amide bonds. The minimum atomic E-state index is -4.45. The van der Waals surface area contributed by atoms with Crippen LogP contribution in [0.25, 0.3) is 10.8 Å². The quantitative estimate of drug-likeness (QED) is 0.575. The van der Waals surface area contributed by atoms with Crippen LogP contribution in [0, 0.1) is 0 Å². The minimum Gasteiger partial charge on any atom is -0.744 e. The molecule has 0 radical (unpaired) electrons. The third-order valence-electron chi connectivity index (χ3n) is 3.18. The molecule has 0 atom stereocenters.